The molecule has 1 saturated carbocycles. The number of primary amides is 1. The molecule has 0 aliphatic heterocycles. The molecule has 0 atom stereocenters. The van der Waals surface area contributed by atoms with E-state index in [1.165, 1.54) is 18.2 Å². The predicted molar refractivity (Wildman–Crippen MR) is 61.5 cm³/mol. The van der Waals surface area contributed by atoms with Crippen LogP contribution in [0.1, 0.15) is 28.8 Å². The first kappa shape index (κ1) is 11.5. The molecule has 1 aliphatic rings. The van der Waals surface area contributed by atoms with Gasteiger partial charge in [0.2, 0.25) is 5.91 Å². The fraction of sp³-hybridized carbons (Fsp3) is 0.364. The van der Waals surface area contributed by atoms with Crippen molar-refractivity contribution in [1.82, 2.24) is 5.32 Å². The molecule has 1 aromatic rings. The number of nitrogens with zero attached hydrogens (tertiary/aromatic N) is 1. The Balaban J connectivity index is 2.33. The molecule has 0 heterocycles. The first-order valence-electron chi connectivity index (χ1n) is 5.39. The van der Waals surface area contributed by atoms with Crippen molar-refractivity contribution in [2.45, 2.75) is 25.4 Å². The molecule has 0 bridgehead atoms. The van der Waals surface area contributed by atoms with Gasteiger partial charge in [0.25, 0.3) is 5.69 Å². The standard InChI is InChI=1S/C11H13N3O3/c12-11(15)8-2-1-3-10(14(16)17)9(8)6-13-7-4-5-7/h1-3,7,13H,4-6H2,(H2,12,15). The van der Waals surface area contributed by atoms with Gasteiger partial charge in [-0.25, -0.2) is 0 Å². The highest BCUT2D eigenvalue weighted by Crippen LogP contribution is 2.25. The fourth-order valence-electron chi connectivity index (χ4n) is 1.70. The van der Waals surface area contributed by atoms with Gasteiger partial charge in [-0.05, 0) is 18.9 Å². The molecular weight excluding hydrogens is 222 g/mol. The third kappa shape index (κ3) is 2.59. The highest BCUT2D eigenvalue weighted by atomic mass is 16.6. The van der Waals surface area contributed by atoms with Crippen LogP contribution in [0.15, 0.2) is 18.2 Å². The van der Waals surface area contributed by atoms with E-state index >= 15 is 0 Å². The molecule has 1 amide bonds. The summed E-state index contributed by atoms with van der Waals surface area (Å²) in [4.78, 5) is 21.6. The van der Waals surface area contributed by atoms with Gasteiger partial charge in [0.15, 0.2) is 0 Å². The van der Waals surface area contributed by atoms with Crippen LogP contribution in [0.4, 0.5) is 5.69 Å². The summed E-state index contributed by atoms with van der Waals surface area (Å²) in [7, 11) is 0. The number of benzene rings is 1. The zero-order chi connectivity index (χ0) is 12.4. The van der Waals surface area contributed by atoms with E-state index in [0.29, 0.717) is 18.2 Å². The van der Waals surface area contributed by atoms with Gasteiger partial charge in [0.1, 0.15) is 0 Å². The van der Waals surface area contributed by atoms with E-state index in [-0.39, 0.29) is 11.3 Å². The molecule has 17 heavy (non-hydrogen) atoms. The Morgan fingerprint density at radius 1 is 1.53 bits per heavy atom. The summed E-state index contributed by atoms with van der Waals surface area (Å²) in [5.74, 6) is -0.638. The maximum Gasteiger partial charge on any atom is 0.274 e. The van der Waals surface area contributed by atoms with Crippen LogP contribution < -0.4 is 11.1 Å². The van der Waals surface area contributed by atoms with E-state index in [9.17, 15) is 14.9 Å². The third-order valence-electron chi connectivity index (χ3n) is 2.76. The Morgan fingerprint density at radius 2 is 2.24 bits per heavy atom. The molecule has 1 aliphatic carbocycles. The van der Waals surface area contributed by atoms with E-state index < -0.39 is 10.8 Å². The number of nitro benzene ring substituents is 1. The first-order valence-corrected chi connectivity index (χ1v) is 5.39. The molecule has 2 rings (SSSR count). The summed E-state index contributed by atoms with van der Waals surface area (Å²) in [6, 6.07) is 4.78. The number of rotatable bonds is 5. The summed E-state index contributed by atoms with van der Waals surface area (Å²) in [5, 5.41) is 14.0. The second-order valence-electron chi connectivity index (χ2n) is 4.08. The normalized spacial score (nSPS) is 14.6. The SMILES string of the molecule is NC(=O)c1cccc([N+](=O)[O-])c1CNC1CC1. The summed E-state index contributed by atoms with van der Waals surface area (Å²) in [5.41, 5.74) is 5.74. The number of carbonyl (C=O) groups is 1. The van der Waals surface area contributed by atoms with Crippen molar-refractivity contribution in [3.8, 4) is 0 Å². The van der Waals surface area contributed by atoms with E-state index in [4.69, 9.17) is 5.73 Å². The molecule has 3 N–H and O–H groups in total. The zero-order valence-electron chi connectivity index (χ0n) is 9.18. The van der Waals surface area contributed by atoms with Crippen molar-refractivity contribution in [1.29, 1.82) is 0 Å². The number of carbonyl (C=O) groups excluding carboxylic acids is 1. The molecule has 0 saturated heterocycles. The van der Waals surface area contributed by atoms with Crippen LogP contribution in [-0.2, 0) is 6.54 Å². The monoisotopic (exact) mass is 235 g/mol. The van der Waals surface area contributed by atoms with Crippen molar-refractivity contribution >= 4 is 11.6 Å². The molecule has 0 unspecified atom stereocenters. The summed E-state index contributed by atoms with van der Waals surface area (Å²) in [6.45, 7) is 0.306. The largest absolute Gasteiger partial charge is 0.366 e. The van der Waals surface area contributed by atoms with Gasteiger partial charge in [-0.1, -0.05) is 6.07 Å². The minimum atomic E-state index is -0.638. The maximum atomic E-state index is 11.2. The van der Waals surface area contributed by atoms with Gasteiger partial charge in [-0.3, -0.25) is 14.9 Å². The number of nitrogens with one attached hydrogen (secondary N) is 1. The highest BCUT2D eigenvalue weighted by Gasteiger charge is 2.24. The Kier molecular flexibility index (Phi) is 3.06. The van der Waals surface area contributed by atoms with E-state index in [2.05, 4.69) is 5.32 Å². The third-order valence-corrected chi connectivity index (χ3v) is 2.76. The smallest absolute Gasteiger partial charge is 0.274 e. The number of nitro groups is 1. The van der Waals surface area contributed by atoms with Crippen molar-refractivity contribution in [2.75, 3.05) is 0 Å². The maximum absolute atomic E-state index is 11.2. The van der Waals surface area contributed by atoms with Crippen LogP contribution in [0, 0.1) is 10.1 Å². The van der Waals surface area contributed by atoms with Crippen LogP contribution in [0.25, 0.3) is 0 Å². The lowest BCUT2D eigenvalue weighted by Crippen LogP contribution is -2.21. The molecule has 6 heteroatoms. The average Bonchev–Trinajstić information content (AvgIpc) is 3.09. The van der Waals surface area contributed by atoms with Gasteiger partial charge >= 0.3 is 0 Å². The second-order valence-corrected chi connectivity index (χ2v) is 4.08. The number of hydrogen-bond acceptors (Lipinski definition) is 4. The Hall–Kier alpha value is -1.95. The Bertz CT molecular complexity index is 437. The summed E-state index contributed by atoms with van der Waals surface area (Å²) < 4.78 is 0. The van der Waals surface area contributed by atoms with Gasteiger partial charge in [0, 0.05) is 18.7 Å². The van der Waals surface area contributed by atoms with Gasteiger partial charge in [-0.15, -0.1) is 0 Å². The van der Waals surface area contributed by atoms with Crippen molar-refractivity contribution in [2.24, 2.45) is 5.73 Å². The van der Waals surface area contributed by atoms with E-state index in [0.717, 1.165) is 12.8 Å². The van der Waals surface area contributed by atoms with Crippen LogP contribution in [0.3, 0.4) is 0 Å². The van der Waals surface area contributed by atoms with Crippen molar-refractivity contribution in [3.63, 3.8) is 0 Å². The van der Waals surface area contributed by atoms with E-state index in [1.807, 2.05) is 0 Å². The summed E-state index contributed by atoms with van der Waals surface area (Å²) in [6.07, 6.45) is 2.15. The van der Waals surface area contributed by atoms with Crippen molar-refractivity contribution < 1.29 is 9.72 Å². The second kappa shape index (κ2) is 4.50. The minimum Gasteiger partial charge on any atom is -0.366 e. The number of amides is 1. The molecule has 0 spiro atoms. The lowest BCUT2D eigenvalue weighted by molar-refractivity contribution is -0.385. The molecule has 6 nitrogen and oxygen atoms in total. The van der Waals surface area contributed by atoms with Gasteiger partial charge < -0.3 is 11.1 Å². The number of nitrogens with two attached hydrogens (primary N) is 1. The first-order chi connectivity index (χ1) is 8.09. The van der Waals surface area contributed by atoms with Crippen LogP contribution in [-0.4, -0.2) is 16.9 Å². The average molecular weight is 235 g/mol. The van der Waals surface area contributed by atoms with Gasteiger partial charge in [-0.2, -0.15) is 0 Å². The highest BCUT2D eigenvalue weighted by molar-refractivity contribution is 5.95. The molecule has 1 fully saturated rings. The lowest BCUT2D eigenvalue weighted by atomic mass is 10.0. The summed E-state index contributed by atoms with van der Waals surface area (Å²) >= 11 is 0. The van der Waals surface area contributed by atoms with Crippen LogP contribution >= 0.6 is 0 Å². The molecular formula is C11H13N3O3. The lowest BCUT2D eigenvalue weighted by Gasteiger charge is -2.08. The number of hydrogen-bond donors (Lipinski definition) is 2. The molecule has 90 valence electrons. The van der Waals surface area contributed by atoms with Crippen molar-refractivity contribution in [3.05, 3.63) is 39.4 Å². The Labute approximate surface area is 98.0 Å². The van der Waals surface area contributed by atoms with E-state index in [1.54, 1.807) is 0 Å². The fourth-order valence-corrected chi connectivity index (χ4v) is 1.70. The Morgan fingerprint density at radius 3 is 2.76 bits per heavy atom. The quantitative estimate of drug-likeness (QED) is 0.586. The molecule has 0 aromatic heterocycles. The minimum absolute atomic E-state index is 0.0607. The predicted octanol–water partition coefficient (Wildman–Crippen LogP) is 0.946. The van der Waals surface area contributed by atoms with Crippen LogP contribution in [0.5, 0.6) is 0 Å². The van der Waals surface area contributed by atoms with Gasteiger partial charge in [0.05, 0.1) is 16.1 Å². The molecule has 1 aromatic carbocycles. The topological polar surface area (TPSA) is 98.3 Å². The molecule has 0 radical (unpaired) electrons. The van der Waals surface area contributed by atoms with Crippen LogP contribution in [0.2, 0.25) is 0 Å². The zero-order valence-corrected chi connectivity index (χ0v) is 9.18.